The Bertz CT molecular complexity index is 655. The first kappa shape index (κ1) is 16.4. The molecule has 2 heterocycles. The fourth-order valence-electron chi connectivity index (χ4n) is 2.78. The molecule has 0 radical (unpaired) electrons. The number of rotatable bonds is 6. The van der Waals surface area contributed by atoms with E-state index in [-0.39, 0.29) is 5.91 Å². The fraction of sp³-hybridized carbons (Fsp3) is 0.350. The molecule has 0 bridgehead atoms. The first-order chi connectivity index (χ1) is 11.8. The minimum absolute atomic E-state index is 0.125. The van der Waals surface area contributed by atoms with Crippen molar-refractivity contribution in [2.24, 2.45) is 0 Å². The van der Waals surface area contributed by atoms with E-state index in [4.69, 9.17) is 9.47 Å². The lowest BCUT2D eigenvalue weighted by molar-refractivity contribution is -0.124. The number of amides is 1. The third-order valence-electron chi connectivity index (χ3n) is 4.11. The maximum absolute atomic E-state index is 11.8. The number of ether oxygens (including phenoxy) is 2. The normalized spacial score (nSPS) is 16.9. The Labute approximate surface area is 143 Å². The Balaban J connectivity index is 1.36. The van der Waals surface area contributed by atoms with Crippen molar-refractivity contribution in [2.45, 2.75) is 25.7 Å². The largest absolute Gasteiger partial charge is 0.454 e. The van der Waals surface area contributed by atoms with Gasteiger partial charge in [0, 0.05) is 19.2 Å². The monoisotopic (exact) mass is 325 g/mol. The second-order valence-electron chi connectivity index (χ2n) is 5.91. The molecule has 126 valence electrons. The maximum atomic E-state index is 11.8. The summed E-state index contributed by atoms with van der Waals surface area (Å²) in [5.74, 6) is 1.75. The third-order valence-corrected chi connectivity index (χ3v) is 4.11. The van der Waals surface area contributed by atoms with E-state index in [2.05, 4.69) is 18.2 Å². The lowest BCUT2D eigenvalue weighted by Gasteiger charge is -2.11. The molecule has 1 aromatic rings. The Hall–Kier alpha value is -2.49. The molecular formula is C20H23NO3. The summed E-state index contributed by atoms with van der Waals surface area (Å²) in [6.07, 6.45) is 15.9. The maximum Gasteiger partial charge on any atom is 0.246 e. The van der Waals surface area contributed by atoms with Crippen LogP contribution in [0, 0.1) is 0 Å². The summed E-state index contributed by atoms with van der Waals surface area (Å²) in [4.78, 5) is 13.7. The molecule has 3 rings (SSSR count). The Kier molecular flexibility index (Phi) is 5.72. The lowest BCUT2D eigenvalue weighted by Crippen LogP contribution is -2.25. The minimum atomic E-state index is 0.125. The van der Waals surface area contributed by atoms with Gasteiger partial charge in [0.25, 0.3) is 0 Å². The average Bonchev–Trinajstić information content (AvgIpc) is 3.28. The molecule has 0 atom stereocenters. The van der Waals surface area contributed by atoms with E-state index < -0.39 is 0 Å². The molecule has 0 aliphatic carbocycles. The van der Waals surface area contributed by atoms with E-state index in [0.29, 0.717) is 6.79 Å². The summed E-state index contributed by atoms with van der Waals surface area (Å²) in [5.41, 5.74) is 1.11. The number of allylic oxidation sites excluding steroid dienone is 4. The molecule has 1 amide bonds. The molecule has 2 aliphatic rings. The third kappa shape index (κ3) is 4.51. The molecule has 1 aromatic carbocycles. The van der Waals surface area contributed by atoms with Gasteiger partial charge in [0.1, 0.15) is 0 Å². The minimum Gasteiger partial charge on any atom is -0.454 e. The van der Waals surface area contributed by atoms with Crippen LogP contribution in [0.2, 0.25) is 0 Å². The van der Waals surface area contributed by atoms with Crippen molar-refractivity contribution >= 4 is 12.0 Å². The van der Waals surface area contributed by atoms with Gasteiger partial charge in [-0.3, -0.25) is 4.79 Å². The van der Waals surface area contributed by atoms with Crippen LogP contribution in [-0.4, -0.2) is 30.7 Å². The van der Waals surface area contributed by atoms with Crippen molar-refractivity contribution < 1.29 is 14.3 Å². The summed E-state index contributed by atoms with van der Waals surface area (Å²) in [5, 5.41) is 0. The highest BCUT2D eigenvalue weighted by atomic mass is 16.7. The smallest absolute Gasteiger partial charge is 0.246 e. The van der Waals surface area contributed by atoms with Crippen molar-refractivity contribution in [1.82, 2.24) is 4.90 Å². The number of hydrogen-bond acceptors (Lipinski definition) is 3. The van der Waals surface area contributed by atoms with Crippen molar-refractivity contribution in [2.75, 3.05) is 19.9 Å². The van der Waals surface area contributed by atoms with Crippen LogP contribution in [0.5, 0.6) is 11.5 Å². The van der Waals surface area contributed by atoms with Gasteiger partial charge in [0.05, 0.1) is 0 Å². The van der Waals surface area contributed by atoms with Crippen molar-refractivity contribution in [3.63, 3.8) is 0 Å². The average molecular weight is 325 g/mol. The van der Waals surface area contributed by atoms with E-state index in [1.165, 1.54) is 0 Å². The highest BCUT2D eigenvalue weighted by Crippen LogP contribution is 2.32. The van der Waals surface area contributed by atoms with Crippen LogP contribution < -0.4 is 9.47 Å². The molecule has 1 saturated heterocycles. The molecule has 0 unspecified atom stereocenters. The van der Waals surface area contributed by atoms with Gasteiger partial charge in [0.15, 0.2) is 11.5 Å². The standard InChI is InChI=1S/C20H23NO3/c22-20(21-13-7-8-14-21)10-6-4-2-1-3-5-9-17-11-12-18-19(15-17)24-16-23-18/h2,4-6,9-12,15H,1,3,7-8,13-14,16H2/b4-2-,9-5+,10-6+. The lowest BCUT2D eigenvalue weighted by atomic mass is 10.1. The van der Waals surface area contributed by atoms with Crippen LogP contribution in [0.15, 0.2) is 48.6 Å². The number of carbonyl (C=O) groups excluding carboxylic acids is 1. The van der Waals surface area contributed by atoms with E-state index in [1.54, 1.807) is 6.08 Å². The predicted molar refractivity (Wildman–Crippen MR) is 94.9 cm³/mol. The molecule has 4 nitrogen and oxygen atoms in total. The first-order valence-electron chi connectivity index (χ1n) is 8.51. The molecule has 0 N–H and O–H groups in total. The molecule has 24 heavy (non-hydrogen) atoms. The molecule has 0 aromatic heterocycles. The van der Waals surface area contributed by atoms with Crippen molar-refractivity contribution in [3.05, 3.63) is 54.1 Å². The fourth-order valence-corrected chi connectivity index (χ4v) is 2.78. The van der Waals surface area contributed by atoms with E-state index in [1.807, 2.05) is 35.3 Å². The summed E-state index contributed by atoms with van der Waals surface area (Å²) < 4.78 is 10.7. The van der Waals surface area contributed by atoms with E-state index in [0.717, 1.165) is 55.8 Å². The number of nitrogens with zero attached hydrogens (tertiary/aromatic N) is 1. The number of unbranched alkanes of at least 4 members (excludes halogenated alkanes) is 1. The molecule has 2 aliphatic heterocycles. The highest BCUT2D eigenvalue weighted by molar-refractivity contribution is 5.88. The summed E-state index contributed by atoms with van der Waals surface area (Å²) in [6.45, 7) is 2.11. The van der Waals surface area contributed by atoms with Gasteiger partial charge in [-0.25, -0.2) is 0 Å². The zero-order chi connectivity index (χ0) is 16.6. The molecular weight excluding hydrogens is 302 g/mol. The number of likely N-dealkylation sites (tertiary alicyclic amines) is 1. The van der Waals surface area contributed by atoms with Gasteiger partial charge in [-0.05, 0) is 43.4 Å². The quantitative estimate of drug-likeness (QED) is 0.452. The zero-order valence-electron chi connectivity index (χ0n) is 13.8. The first-order valence-corrected chi connectivity index (χ1v) is 8.51. The van der Waals surface area contributed by atoms with Gasteiger partial charge < -0.3 is 14.4 Å². The molecule has 4 heteroatoms. The van der Waals surface area contributed by atoms with Crippen LogP contribution >= 0.6 is 0 Å². The number of benzene rings is 1. The number of fused-ring (bicyclic) bond motifs is 1. The van der Waals surface area contributed by atoms with Gasteiger partial charge >= 0.3 is 0 Å². The van der Waals surface area contributed by atoms with Crippen molar-refractivity contribution in [3.8, 4) is 11.5 Å². The van der Waals surface area contributed by atoms with Gasteiger partial charge in [0.2, 0.25) is 12.7 Å². The van der Waals surface area contributed by atoms with Crippen molar-refractivity contribution in [1.29, 1.82) is 0 Å². The Morgan fingerprint density at radius 2 is 1.83 bits per heavy atom. The zero-order valence-corrected chi connectivity index (χ0v) is 13.8. The number of hydrogen-bond donors (Lipinski definition) is 0. The van der Waals surface area contributed by atoms with Crippen LogP contribution in [0.4, 0.5) is 0 Å². The summed E-state index contributed by atoms with van der Waals surface area (Å²) in [7, 11) is 0. The topological polar surface area (TPSA) is 38.8 Å². The Morgan fingerprint density at radius 3 is 2.71 bits per heavy atom. The van der Waals surface area contributed by atoms with Crippen LogP contribution in [-0.2, 0) is 4.79 Å². The van der Waals surface area contributed by atoms with Gasteiger partial charge in [-0.1, -0.05) is 36.4 Å². The summed E-state index contributed by atoms with van der Waals surface area (Å²) in [6, 6.07) is 5.94. The molecule has 0 saturated carbocycles. The predicted octanol–water partition coefficient (Wildman–Crippen LogP) is 3.94. The molecule has 1 fully saturated rings. The Morgan fingerprint density at radius 1 is 1.04 bits per heavy atom. The van der Waals surface area contributed by atoms with Gasteiger partial charge in [-0.15, -0.1) is 0 Å². The highest BCUT2D eigenvalue weighted by Gasteiger charge is 2.14. The molecule has 0 spiro atoms. The van der Waals surface area contributed by atoms with Crippen LogP contribution in [0.3, 0.4) is 0 Å². The van der Waals surface area contributed by atoms with Crippen LogP contribution in [0.25, 0.3) is 6.08 Å². The summed E-state index contributed by atoms with van der Waals surface area (Å²) >= 11 is 0. The van der Waals surface area contributed by atoms with E-state index in [9.17, 15) is 4.79 Å². The SMILES string of the molecule is O=C(/C=C/C=C\CC/C=C/c1ccc2c(c1)OCO2)N1CCCC1. The second-order valence-corrected chi connectivity index (χ2v) is 5.91. The number of carbonyl (C=O) groups is 1. The second kappa shape index (κ2) is 8.39. The van der Waals surface area contributed by atoms with E-state index >= 15 is 0 Å². The van der Waals surface area contributed by atoms with Crippen LogP contribution in [0.1, 0.15) is 31.2 Å². The van der Waals surface area contributed by atoms with Gasteiger partial charge in [-0.2, -0.15) is 0 Å².